The van der Waals surface area contributed by atoms with Crippen molar-refractivity contribution in [2.45, 2.75) is 38.7 Å². The molecule has 7 nitrogen and oxygen atoms in total. The number of nitrogens with one attached hydrogen (secondary N) is 1. The summed E-state index contributed by atoms with van der Waals surface area (Å²) in [6.07, 6.45) is 2.00. The molecule has 1 amide bonds. The number of carboxylic acid groups (broad SMARTS) is 1. The molecule has 7 heteroatoms. The first-order valence-electron chi connectivity index (χ1n) is 9.11. The van der Waals surface area contributed by atoms with E-state index in [0.29, 0.717) is 30.7 Å². The molecule has 0 saturated heterocycles. The number of benzene rings is 1. The summed E-state index contributed by atoms with van der Waals surface area (Å²) in [5.74, 6) is -0.884. The van der Waals surface area contributed by atoms with Gasteiger partial charge in [-0.25, -0.2) is 4.79 Å². The molecule has 3 rings (SSSR count). The Bertz CT molecular complexity index is 881. The van der Waals surface area contributed by atoms with E-state index < -0.39 is 17.7 Å². The third-order valence-electron chi connectivity index (χ3n) is 5.02. The van der Waals surface area contributed by atoms with E-state index in [1.165, 1.54) is 6.07 Å². The van der Waals surface area contributed by atoms with Crippen molar-refractivity contribution in [3.05, 3.63) is 40.8 Å². The fourth-order valence-corrected chi connectivity index (χ4v) is 3.36. The number of ether oxygens (including phenoxy) is 1. The van der Waals surface area contributed by atoms with Gasteiger partial charge in [-0.3, -0.25) is 4.79 Å². The molecule has 0 aliphatic heterocycles. The highest BCUT2D eigenvalue weighted by molar-refractivity contribution is 5.81. The maximum atomic E-state index is 12.3. The minimum atomic E-state index is -0.981. The molecule has 1 N–H and O–H groups in total. The highest BCUT2D eigenvalue weighted by Gasteiger charge is 2.23. The number of amides is 1. The third-order valence-corrected chi connectivity index (χ3v) is 5.02. The Morgan fingerprint density at radius 3 is 2.63 bits per heavy atom. The summed E-state index contributed by atoms with van der Waals surface area (Å²) in [6.45, 7) is 2.15. The van der Waals surface area contributed by atoms with Crippen LogP contribution in [0, 0.1) is 11.8 Å². The van der Waals surface area contributed by atoms with Gasteiger partial charge in [-0.1, -0.05) is 0 Å². The topological polar surface area (TPSA) is 109 Å². The number of aliphatic carboxylic acids is 1. The van der Waals surface area contributed by atoms with Crippen LogP contribution in [0.5, 0.6) is 5.75 Å². The standard InChI is InChI=1S/C20H23NO6/c1-12(19(23)21-11-13-2-4-15(5-3-13)20(24)25)26-16-8-6-14-7-9-18(22)27-17(14)10-16/h6-10,12-13,15H,2-5,11H2,1H3,(H,21,23)(H,24,25)/p-1/t12-,13?,15?/m0/s1. The Balaban J connectivity index is 1.51. The van der Waals surface area contributed by atoms with E-state index in [1.54, 1.807) is 31.2 Å². The second kappa shape index (κ2) is 8.24. The van der Waals surface area contributed by atoms with Crippen LogP contribution in [0.25, 0.3) is 11.0 Å². The summed E-state index contributed by atoms with van der Waals surface area (Å²) in [7, 11) is 0. The van der Waals surface area contributed by atoms with E-state index in [1.807, 2.05) is 0 Å². The molecule has 1 saturated carbocycles. The molecule has 1 atom stereocenters. The number of carbonyl (C=O) groups is 2. The van der Waals surface area contributed by atoms with Crippen LogP contribution >= 0.6 is 0 Å². The van der Waals surface area contributed by atoms with Gasteiger partial charge in [-0.05, 0) is 62.6 Å². The van der Waals surface area contributed by atoms with Gasteiger partial charge in [0, 0.05) is 30.0 Å². The maximum Gasteiger partial charge on any atom is 0.336 e. The lowest BCUT2D eigenvalue weighted by Crippen LogP contribution is -2.40. The molecule has 1 aromatic carbocycles. The zero-order chi connectivity index (χ0) is 19.4. The van der Waals surface area contributed by atoms with Gasteiger partial charge in [-0.15, -0.1) is 0 Å². The van der Waals surface area contributed by atoms with E-state index in [4.69, 9.17) is 9.15 Å². The predicted molar refractivity (Wildman–Crippen MR) is 96.0 cm³/mol. The first-order valence-corrected chi connectivity index (χ1v) is 9.11. The second-order valence-electron chi connectivity index (χ2n) is 7.00. The SMILES string of the molecule is C[C@H](Oc1ccc2ccc(=O)oc2c1)C(=O)NCC1CCC(C(=O)[O-])CC1. The number of rotatable bonds is 6. The van der Waals surface area contributed by atoms with Gasteiger partial charge in [0.2, 0.25) is 0 Å². The largest absolute Gasteiger partial charge is 0.550 e. The summed E-state index contributed by atoms with van der Waals surface area (Å²) < 4.78 is 10.8. The van der Waals surface area contributed by atoms with Crippen molar-refractivity contribution < 1.29 is 23.8 Å². The Morgan fingerprint density at radius 1 is 1.22 bits per heavy atom. The van der Waals surface area contributed by atoms with Crippen LogP contribution in [-0.4, -0.2) is 24.5 Å². The quantitative estimate of drug-likeness (QED) is 0.764. The van der Waals surface area contributed by atoms with Crippen molar-refractivity contribution in [1.29, 1.82) is 0 Å². The maximum absolute atomic E-state index is 12.3. The van der Waals surface area contributed by atoms with E-state index in [2.05, 4.69) is 5.32 Å². The van der Waals surface area contributed by atoms with Crippen LogP contribution in [-0.2, 0) is 9.59 Å². The Kier molecular flexibility index (Phi) is 5.78. The smallest absolute Gasteiger partial charge is 0.336 e. The zero-order valence-electron chi connectivity index (χ0n) is 15.1. The van der Waals surface area contributed by atoms with Crippen LogP contribution in [0.4, 0.5) is 0 Å². The van der Waals surface area contributed by atoms with Gasteiger partial charge in [0.05, 0.1) is 0 Å². The molecular weight excluding hydrogens is 350 g/mol. The zero-order valence-corrected chi connectivity index (χ0v) is 15.1. The molecular formula is C20H22NO6-. The third kappa shape index (κ3) is 4.87. The van der Waals surface area contributed by atoms with Crippen LogP contribution < -0.4 is 20.8 Å². The highest BCUT2D eigenvalue weighted by atomic mass is 16.5. The van der Waals surface area contributed by atoms with Crippen molar-refractivity contribution in [2.24, 2.45) is 11.8 Å². The molecule has 1 aliphatic carbocycles. The first kappa shape index (κ1) is 18.9. The lowest BCUT2D eigenvalue weighted by molar-refractivity contribution is -0.312. The van der Waals surface area contributed by atoms with E-state index in [-0.39, 0.29) is 17.7 Å². The summed E-state index contributed by atoms with van der Waals surface area (Å²) >= 11 is 0. The number of carbonyl (C=O) groups excluding carboxylic acids is 2. The highest BCUT2D eigenvalue weighted by Crippen LogP contribution is 2.28. The van der Waals surface area contributed by atoms with Gasteiger partial charge in [0.15, 0.2) is 6.10 Å². The number of hydrogen-bond donors (Lipinski definition) is 1. The minimum absolute atomic E-state index is 0.244. The van der Waals surface area contributed by atoms with Crippen molar-refractivity contribution in [2.75, 3.05) is 6.54 Å². The van der Waals surface area contributed by atoms with Crippen molar-refractivity contribution in [3.8, 4) is 5.75 Å². The van der Waals surface area contributed by atoms with Gasteiger partial charge in [-0.2, -0.15) is 0 Å². The van der Waals surface area contributed by atoms with E-state index >= 15 is 0 Å². The molecule has 0 bridgehead atoms. The monoisotopic (exact) mass is 372 g/mol. The molecule has 144 valence electrons. The van der Waals surface area contributed by atoms with E-state index in [9.17, 15) is 19.5 Å². The molecule has 1 heterocycles. The van der Waals surface area contributed by atoms with Gasteiger partial charge in [0.25, 0.3) is 5.91 Å². The molecule has 1 aliphatic rings. The molecule has 0 radical (unpaired) electrons. The fraction of sp³-hybridized carbons (Fsp3) is 0.450. The summed E-state index contributed by atoms with van der Waals surface area (Å²) in [5.41, 5.74) is -0.0452. The van der Waals surface area contributed by atoms with Gasteiger partial charge < -0.3 is 24.4 Å². The molecule has 1 fully saturated rings. The number of carboxylic acids is 1. The molecule has 1 aromatic heterocycles. The predicted octanol–water partition coefficient (Wildman–Crippen LogP) is 1.23. The summed E-state index contributed by atoms with van der Waals surface area (Å²) in [4.78, 5) is 34.4. The lowest BCUT2D eigenvalue weighted by atomic mass is 9.82. The average molecular weight is 372 g/mol. The average Bonchev–Trinajstić information content (AvgIpc) is 2.66. The van der Waals surface area contributed by atoms with Crippen molar-refractivity contribution >= 4 is 22.8 Å². The molecule has 27 heavy (non-hydrogen) atoms. The molecule has 0 unspecified atom stereocenters. The number of fused-ring (bicyclic) bond motifs is 1. The van der Waals surface area contributed by atoms with E-state index in [0.717, 1.165) is 18.2 Å². The fourth-order valence-electron chi connectivity index (χ4n) is 3.36. The summed E-state index contributed by atoms with van der Waals surface area (Å²) in [6, 6.07) is 8.07. The normalized spacial score (nSPS) is 20.8. The van der Waals surface area contributed by atoms with Crippen LogP contribution in [0.2, 0.25) is 0 Å². The molecule has 2 aromatic rings. The van der Waals surface area contributed by atoms with Crippen molar-refractivity contribution in [1.82, 2.24) is 5.32 Å². The van der Waals surface area contributed by atoms with Crippen LogP contribution in [0.15, 0.2) is 39.5 Å². The number of hydrogen-bond acceptors (Lipinski definition) is 6. The van der Waals surface area contributed by atoms with Crippen molar-refractivity contribution in [3.63, 3.8) is 0 Å². The minimum Gasteiger partial charge on any atom is -0.550 e. The lowest BCUT2D eigenvalue weighted by Gasteiger charge is -2.29. The van der Waals surface area contributed by atoms with Gasteiger partial charge in [0.1, 0.15) is 11.3 Å². The Hall–Kier alpha value is -2.83. The summed E-state index contributed by atoms with van der Waals surface area (Å²) in [5, 5.41) is 14.5. The first-order chi connectivity index (χ1) is 12.9. The second-order valence-corrected chi connectivity index (χ2v) is 7.00. The van der Waals surface area contributed by atoms with Gasteiger partial charge >= 0.3 is 5.63 Å². The molecule has 0 spiro atoms. The van der Waals surface area contributed by atoms with Crippen LogP contribution in [0.3, 0.4) is 0 Å². The Labute approximate surface area is 156 Å². The Morgan fingerprint density at radius 2 is 1.93 bits per heavy atom. The van der Waals surface area contributed by atoms with Crippen LogP contribution in [0.1, 0.15) is 32.6 Å².